The second kappa shape index (κ2) is 9.37. The second-order valence-electron chi connectivity index (χ2n) is 11.0. The molecule has 43 heavy (non-hydrogen) atoms. The van der Waals surface area contributed by atoms with E-state index in [4.69, 9.17) is 4.42 Å². The lowest BCUT2D eigenvalue weighted by atomic mass is 10.0. The van der Waals surface area contributed by atoms with Crippen molar-refractivity contribution in [3.05, 3.63) is 158 Å². The van der Waals surface area contributed by atoms with E-state index in [9.17, 15) is 0 Å². The first-order valence-corrected chi connectivity index (χ1v) is 14.6. The lowest BCUT2D eigenvalue weighted by Crippen LogP contribution is -2.10. The average molecular weight is 551 g/mol. The van der Waals surface area contributed by atoms with E-state index in [-0.39, 0.29) is 0 Å². The summed E-state index contributed by atoms with van der Waals surface area (Å²) in [6.07, 6.45) is 0. The number of hydrogen-bond acceptors (Lipinski definition) is 2. The predicted octanol–water partition coefficient (Wildman–Crippen LogP) is 11.3. The number of aromatic nitrogens is 1. The van der Waals surface area contributed by atoms with Crippen molar-refractivity contribution in [2.75, 3.05) is 4.90 Å². The van der Waals surface area contributed by atoms with E-state index >= 15 is 0 Å². The van der Waals surface area contributed by atoms with Crippen molar-refractivity contribution in [2.45, 2.75) is 0 Å². The molecular formula is C40H26N2O. The highest BCUT2D eigenvalue weighted by molar-refractivity contribution is 6.17. The molecule has 2 aromatic heterocycles. The topological polar surface area (TPSA) is 21.3 Å². The van der Waals surface area contributed by atoms with Crippen LogP contribution in [0.5, 0.6) is 0 Å². The molecule has 0 spiro atoms. The minimum absolute atomic E-state index is 0.908. The van der Waals surface area contributed by atoms with Crippen molar-refractivity contribution < 1.29 is 4.42 Å². The predicted molar refractivity (Wildman–Crippen MR) is 180 cm³/mol. The van der Waals surface area contributed by atoms with Gasteiger partial charge in [0.25, 0.3) is 0 Å². The zero-order chi connectivity index (χ0) is 28.3. The maximum absolute atomic E-state index is 6.26. The summed E-state index contributed by atoms with van der Waals surface area (Å²) in [6.45, 7) is 0. The number of furan rings is 1. The van der Waals surface area contributed by atoms with Crippen LogP contribution in [0.3, 0.4) is 0 Å². The number of anilines is 3. The molecule has 3 heteroatoms. The molecule has 3 nitrogen and oxygen atoms in total. The smallest absolute Gasteiger partial charge is 0.136 e. The minimum Gasteiger partial charge on any atom is -0.456 e. The van der Waals surface area contributed by atoms with Gasteiger partial charge in [-0.05, 0) is 83.6 Å². The zero-order valence-corrected chi connectivity index (χ0v) is 23.3. The van der Waals surface area contributed by atoms with Gasteiger partial charge in [0, 0.05) is 38.6 Å². The summed E-state index contributed by atoms with van der Waals surface area (Å²) in [5.74, 6) is 0. The van der Waals surface area contributed by atoms with Crippen LogP contribution in [-0.4, -0.2) is 4.57 Å². The molecule has 0 radical (unpaired) electrons. The summed E-state index contributed by atoms with van der Waals surface area (Å²) in [6, 6.07) is 56.1. The largest absolute Gasteiger partial charge is 0.456 e. The molecule has 202 valence electrons. The third kappa shape index (κ3) is 3.68. The lowest BCUT2D eigenvalue weighted by molar-refractivity contribution is 0.669. The van der Waals surface area contributed by atoms with E-state index in [2.05, 4.69) is 155 Å². The zero-order valence-electron chi connectivity index (χ0n) is 23.3. The van der Waals surface area contributed by atoms with E-state index < -0.39 is 0 Å². The van der Waals surface area contributed by atoms with Gasteiger partial charge in [0.15, 0.2) is 0 Å². The summed E-state index contributed by atoms with van der Waals surface area (Å²) in [4.78, 5) is 2.38. The molecular weight excluding hydrogens is 524 g/mol. The molecule has 9 rings (SSSR count). The fourth-order valence-corrected chi connectivity index (χ4v) is 6.64. The Morgan fingerprint density at radius 2 is 1.16 bits per heavy atom. The van der Waals surface area contributed by atoms with Gasteiger partial charge in [-0.15, -0.1) is 0 Å². The van der Waals surface area contributed by atoms with Crippen LogP contribution in [0, 0.1) is 0 Å². The molecule has 0 N–H and O–H groups in total. The minimum atomic E-state index is 0.908. The molecule has 0 bridgehead atoms. The van der Waals surface area contributed by atoms with Crippen molar-refractivity contribution in [3.8, 4) is 5.69 Å². The van der Waals surface area contributed by atoms with Gasteiger partial charge in [0.1, 0.15) is 11.2 Å². The quantitative estimate of drug-likeness (QED) is 0.217. The van der Waals surface area contributed by atoms with Crippen LogP contribution in [0.2, 0.25) is 0 Å². The maximum atomic E-state index is 6.26. The van der Waals surface area contributed by atoms with Crippen molar-refractivity contribution in [3.63, 3.8) is 0 Å². The molecule has 7 aromatic carbocycles. The summed E-state index contributed by atoms with van der Waals surface area (Å²) in [5.41, 5.74) is 8.68. The SMILES string of the molecule is c1ccc(N(c2ccc3cc4c(cc3c2)oc2ccccc24)c2cccc3c2c2ccccc2n3-c2ccccc2)cc1. The Morgan fingerprint density at radius 3 is 2.02 bits per heavy atom. The highest BCUT2D eigenvalue weighted by atomic mass is 16.3. The van der Waals surface area contributed by atoms with Gasteiger partial charge in [-0.2, -0.15) is 0 Å². The van der Waals surface area contributed by atoms with Crippen molar-refractivity contribution in [2.24, 2.45) is 0 Å². The van der Waals surface area contributed by atoms with Gasteiger partial charge in [-0.3, -0.25) is 0 Å². The highest BCUT2D eigenvalue weighted by Gasteiger charge is 2.21. The Kier molecular flexibility index (Phi) is 5.20. The Morgan fingerprint density at radius 1 is 0.442 bits per heavy atom. The van der Waals surface area contributed by atoms with Gasteiger partial charge >= 0.3 is 0 Å². The number of benzene rings is 7. The van der Waals surface area contributed by atoms with Gasteiger partial charge in [0.2, 0.25) is 0 Å². The number of fused-ring (bicyclic) bond motifs is 7. The number of para-hydroxylation sites is 4. The summed E-state index contributed by atoms with van der Waals surface area (Å²) < 4.78 is 8.64. The summed E-state index contributed by atoms with van der Waals surface area (Å²) in [5, 5.41) is 7.07. The molecule has 0 amide bonds. The molecule has 0 saturated heterocycles. The van der Waals surface area contributed by atoms with Crippen LogP contribution in [-0.2, 0) is 0 Å². The van der Waals surface area contributed by atoms with Gasteiger partial charge in [0.05, 0.1) is 16.7 Å². The molecule has 0 aliphatic heterocycles. The van der Waals surface area contributed by atoms with E-state index in [0.717, 1.165) is 50.1 Å². The Hall–Kier alpha value is -5.80. The van der Waals surface area contributed by atoms with E-state index in [1.54, 1.807) is 0 Å². The van der Waals surface area contributed by atoms with E-state index in [1.165, 1.54) is 27.2 Å². The number of nitrogens with zero attached hydrogens (tertiary/aromatic N) is 2. The third-order valence-corrected chi connectivity index (χ3v) is 8.52. The number of rotatable bonds is 4. The monoisotopic (exact) mass is 550 g/mol. The van der Waals surface area contributed by atoms with Crippen molar-refractivity contribution >= 4 is 71.6 Å². The molecule has 0 atom stereocenters. The Balaban J connectivity index is 1.32. The van der Waals surface area contributed by atoms with Crippen LogP contribution in [0.15, 0.2) is 162 Å². The van der Waals surface area contributed by atoms with Crippen LogP contribution in [0.25, 0.3) is 60.2 Å². The number of hydrogen-bond donors (Lipinski definition) is 0. The lowest BCUT2D eigenvalue weighted by Gasteiger charge is -2.27. The van der Waals surface area contributed by atoms with Gasteiger partial charge in [-0.1, -0.05) is 84.9 Å². The molecule has 2 heterocycles. The first-order chi connectivity index (χ1) is 21.3. The summed E-state index contributed by atoms with van der Waals surface area (Å²) in [7, 11) is 0. The van der Waals surface area contributed by atoms with Gasteiger partial charge in [-0.25, -0.2) is 0 Å². The van der Waals surface area contributed by atoms with E-state index in [1.807, 2.05) is 12.1 Å². The van der Waals surface area contributed by atoms with Crippen LogP contribution in [0.4, 0.5) is 17.1 Å². The van der Waals surface area contributed by atoms with Gasteiger partial charge < -0.3 is 13.9 Å². The average Bonchev–Trinajstić information content (AvgIpc) is 3.60. The normalized spacial score (nSPS) is 11.7. The van der Waals surface area contributed by atoms with Crippen molar-refractivity contribution in [1.29, 1.82) is 0 Å². The molecule has 9 aromatic rings. The molecule has 0 saturated carbocycles. The molecule has 0 aliphatic carbocycles. The van der Waals surface area contributed by atoms with Crippen LogP contribution >= 0.6 is 0 Å². The first-order valence-electron chi connectivity index (χ1n) is 14.6. The highest BCUT2D eigenvalue weighted by Crippen LogP contribution is 2.44. The fourth-order valence-electron chi connectivity index (χ4n) is 6.64. The second-order valence-corrected chi connectivity index (χ2v) is 11.0. The summed E-state index contributed by atoms with van der Waals surface area (Å²) >= 11 is 0. The maximum Gasteiger partial charge on any atom is 0.136 e. The van der Waals surface area contributed by atoms with Crippen LogP contribution in [0.1, 0.15) is 0 Å². The Bertz CT molecular complexity index is 2450. The fraction of sp³-hybridized carbons (Fsp3) is 0. The standard InChI is InChI=1S/C40H26N2O/c1-3-12-29(13-4-1)41(31-23-22-27-25-34-32-16-8-10-21-38(32)43-39(34)26-28(27)24-31)36-19-11-20-37-40(36)33-17-7-9-18-35(33)42(37)30-14-5-2-6-15-30/h1-26H. The Labute approximate surface area is 248 Å². The molecule has 0 aliphatic rings. The molecule has 0 unspecified atom stereocenters. The van der Waals surface area contributed by atoms with E-state index in [0.29, 0.717) is 0 Å². The first kappa shape index (κ1) is 23.9. The third-order valence-electron chi connectivity index (χ3n) is 8.52. The molecule has 0 fully saturated rings. The van der Waals surface area contributed by atoms with Crippen molar-refractivity contribution in [1.82, 2.24) is 4.57 Å². The van der Waals surface area contributed by atoms with Crippen LogP contribution < -0.4 is 4.90 Å².